The number of imide groups is 1. The van der Waals surface area contributed by atoms with Crippen LogP contribution in [0.3, 0.4) is 0 Å². The molecule has 0 radical (unpaired) electrons. The summed E-state index contributed by atoms with van der Waals surface area (Å²) in [6, 6.07) is 15.6. The second-order valence-corrected chi connectivity index (χ2v) is 5.72. The summed E-state index contributed by atoms with van der Waals surface area (Å²) in [5.74, 6) is -0.409. The molecule has 23 heavy (non-hydrogen) atoms. The molecule has 1 N–H and O–H groups in total. The van der Waals surface area contributed by atoms with Crippen LogP contribution in [0.15, 0.2) is 48.5 Å². The quantitative estimate of drug-likeness (QED) is 0.944. The van der Waals surface area contributed by atoms with Crippen molar-refractivity contribution in [1.82, 2.24) is 0 Å². The van der Waals surface area contributed by atoms with Gasteiger partial charge in [0.05, 0.1) is 11.4 Å². The van der Waals surface area contributed by atoms with Gasteiger partial charge < -0.3 is 5.32 Å². The van der Waals surface area contributed by atoms with Crippen molar-refractivity contribution in [3.8, 4) is 0 Å². The molecule has 0 bridgehead atoms. The second kappa shape index (κ2) is 6.65. The molecule has 1 aliphatic rings. The van der Waals surface area contributed by atoms with Gasteiger partial charge in [-0.25, -0.2) is 4.90 Å². The molecule has 2 aromatic rings. The maximum absolute atomic E-state index is 12.6. The molecule has 118 valence electrons. The van der Waals surface area contributed by atoms with Crippen molar-refractivity contribution in [1.29, 1.82) is 0 Å². The minimum absolute atomic E-state index is 0.163. The standard InChI is InChI=1S/C19H20N2O2/c1-14(22)21(17-9-5-8-16-12-13-20-19(16)17)18(23)11-10-15-6-3-2-4-7-15/h2-9,20H,10-13H2,1H3. The summed E-state index contributed by atoms with van der Waals surface area (Å²) in [5.41, 5.74) is 3.84. The van der Waals surface area contributed by atoms with Crippen LogP contribution in [-0.2, 0) is 22.4 Å². The van der Waals surface area contributed by atoms with Crippen LogP contribution < -0.4 is 10.2 Å². The molecule has 0 saturated heterocycles. The molecule has 1 aliphatic heterocycles. The average Bonchev–Trinajstić information content (AvgIpc) is 3.03. The van der Waals surface area contributed by atoms with E-state index in [-0.39, 0.29) is 11.8 Å². The Morgan fingerprint density at radius 1 is 1.09 bits per heavy atom. The number of anilines is 2. The fourth-order valence-electron chi connectivity index (χ4n) is 2.99. The lowest BCUT2D eigenvalue weighted by molar-refractivity contribution is -0.125. The largest absolute Gasteiger partial charge is 0.383 e. The Bertz CT molecular complexity index is 725. The SMILES string of the molecule is CC(=O)N(C(=O)CCc1ccccc1)c1cccc2c1NCC2. The maximum atomic E-state index is 12.6. The van der Waals surface area contributed by atoms with Gasteiger partial charge in [-0.1, -0.05) is 42.5 Å². The highest BCUT2D eigenvalue weighted by molar-refractivity contribution is 6.16. The lowest BCUT2D eigenvalue weighted by Gasteiger charge is -2.22. The van der Waals surface area contributed by atoms with Crippen LogP contribution in [-0.4, -0.2) is 18.4 Å². The number of rotatable bonds is 4. The van der Waals surface area contributed by atoms with Gasteiger partial charge in [-0.15, -0.1) is 0 Å². The maximum Gasteiger partial charge on any atom is 0.234 e. The normalized spacial score (nSPS) is 12.4. The number of hydrogen-bond acceptors (Lipinski definition) is 3. The molecule has 0 aliphatic carbocycles. The van der Waals surface area contributed by atoms with Gasteiger partial charge in [0.25, 0.3) is 0 Å². The topological polar surface area (TPSA) is 49.4 Å². The summed E-state index contributed by atoms with van der Waals surface area (Å²) in [6.45, 7) is 2.28. The predicted molar refractivity (Wildman–Crippen MR) is 91.6 cm³/mol. The highest BCUT2D eigenvalue weighted by Gasteiger charge is 2.25. The molecule has 0 atom stereocenters. The van der Waals surface area contributed by atoms with Crippen LogP contribution in [0.2, 0.25) is 0 Å². The van der Waals surface area contributed by atoms with Crippen LogP contribution in [0.25, 0.3) is 0 Å². The number of benzene rings is 2. The molecule has 2 aromatic carbocycles. The van der Waals surface area contributed by atoms with Crippen molar-refractivity contribution < 1.29 is 9.59 Å². The lowest BCUT2D eigenvalue weighted by Crippen LogP contribution is -2.35. The molecule has 0 spiro atoms. The fraction of sp³-hybridized carbons (Fsp3) is 0.263. The van der Waals surface area contributed by atoms with Crippen LogP contribution in [0, 0.1) is 0 Å². The Balaban J connectivity index is 1.81. The fourth-order valence-corrected chi connectivity index (χ4v) is 2.99. The van der Waals surface area contributed by atoms with Crippen LogP contribution >= 0.6 is 0 Å². The minimum atomic E-state index is -0.245. The van der Waals surface area contributed by atoms with E-state index in [0.717, 1.165) is 29.8 Å². The molecule has 0 unspecified atom stereocenters. The Kier molecular flexibility index (Phi) is 4.42. The summed E-state index contributed by atoms with van der Waals surface area (Å²) in [7, 11) is 0. The van der Waals surface area contributed by atoms with Gasteiger partial charge in [0, 0.05) is 19.9 Å². The summed E-state index contributed by atoms with van der Waals surface area (Å²) in [5, 5.41) is 3.29. The first-order chi connectivity index (χ1) is 11.2. The number of hydrogen-bond donors (Lipinski definition) is 1. The zero-order valence-corrected chi connectivity index (χ0v) is 13.2. The van der Waals surface area contributed by atoms with Gasteiger partial charge in [0.15, 0.2) is 0 Å². The summed E-state index contributed by atoms with van der Waals surface area (Å²) in [6.07, 6.45) is 1.87. The highest BCUT2D eigenvalue weighted by Crippen LogP contribution is 2.34. The number of para-hydroxylation sites is 1. The van der Waals surface area contributed by atoms with Gasteiger partial charge in [0.2, 0.25) is 11.8 Å². The summed E-state index contributed by atoms with van der Waals surface area (Å²) in [4.78, 5) is 26.0. The number of fused-ring (bicyclic) bond motifs is 1. The van der Waals surface area contributed by atoms with E-state index >= 15 is 0 Å². The van der Waals surface area contributed by atoms with E-state index in [0.29, 0.717) is 18.5 Å². The first-order valence-electron chi connectivity index (χ1n) is 7.90. The third-order valence-electron chi connectivity index (χ3n) is 4.10. The van der Waals surface area contributed by atoms with Crippen LogP contribution in [0.5, 0.6) is 0 Å². The van der Waals surface area contributed by atoms with E-state index in [1.165, 1.54) is 11.8 Å². The molecule has 4 heteroatoms. The Labute approximate surface area is 136 Å². The average molecular weight is 308 g/mol. The smallest absolute Gasteiger partial charge is 0.234 e. The second-order valence-electron chi connectivity index (χ2n) is 5.72. The van der Waals surface area contributed by atoms with E-state index in [1.54, 1.807) is 0 Å². The summed E-state index contributed by atoms with van der Waals surface area (Å²) >= 11 is 0. The minimum Gasteiger partial charge on any atom is -0.383 e. The van der Waals surface area contributed by atoms with Gasteiger partial charge >= 0.3 is 0 Å². The zero-order chi connectivity index (χ0) is 16.2. The molecule has 0 aromatic heterocycles. The monoisotopic (exact) mass is 308 g/mol. The number of nitrogens with one attached hydrogen (secondary N) is 1. The molecule has 2 amide bonds. The van der Waals surface area contributed by atoms with Crippen molar-refractivity contribution in [2.75, 3.05) is 16.8 Å². The van der Waals surface area contributed by atoms with Crippen molar-refractivity contribution in [2.24, 2.45) is 0 Å². The number of carbonyl (C=O) groups is 2. The van der Waals surface area contributed by atoms with Gasteiger partial charge in [-0.05, 0) is 30.0 Å². The Hall–Kier alpha value is -2.62. The van der Waals surface area contributed by atoms with Crippen molar-refractivity contribution in [3.05, 3.63) is 59.7 Å². The molecule has 3 rings (SSSR count). The van der Waals surface area contributed by atoms with Crippen LogP contribution in [0.4, 0.5) is 11.4 Å². The molecule has 4 nitrogen and oxygen atoms in total. The summed E-state index contributed by atoms with van der Waals surface area (Å²) < 4.78 is 0. The van der Waals surface area contributed by atoms with E-state index in [1.807, 2.05) is 48.5 Å². The molecule has 1 heterocycles. The lowest BCUT2D eigenvalue weighted by atomic mass is 10.1. The van der Waals surface area contributed by atoms with Gasteiger partial charge in [0.1, 0.15) is 0 Å². The van der Waals surface area contributed by atoms with Crippen molar-refractivity contribution >= 4 is 23.2 Å². The van der Waals surface area contributed by atoms with E-state index in [9.17, 15) is 9.59 Å². The van der Waals surface area contributed by atoms with E-state index in [2.05, 4.69) is 5.32 Å². The van der Waals surface area contributed by atoms with Crippen LogP contribution in [0.1, 0.15) is 24.5 Å². The van der Waals surface area contributed by atoms with E-state index < -0.39 is 0 Å². The number of aryl methyl sites for hydroxylation is 1. The van der Waals surface area contributed by atoms with E-state index in [4.69, 9.17) is 0 Å². The number of amides is 2. The predicted octanol–water partition coefficient (Wildman–Crippen LogP) is 3.17. The third kappa shape index (κ3) is 3.26. The highest BCUT2D eigenvalue weighted by atomic mass is 16.2. The number of carbonyl (C=O) groups excluding carboxylic acids is 2. The molecule has 0 fully saturated rings. The first-order valence-corrected chi connectivity index (χ1v) is 7.90. The molecular weight excluding hydrogens is 288 g/mol. The third-order valence-corrected chi connectivity index (χ3v) is 4.10. The molecule has 0 saturated carbocycles. The molecular formula is C19H20N2O2. The zero-order valence-electron chi connectivity index (χ0n) is 13.2. The van der Waals surface area contributed by atoms with Crippen molar-refractivity contribution in [3.63, 3.8) is 0 Å². The Morgan fingerprint density at radius 3 is 2.61 bits per heavy atom. The Morgan fingerprint density at radius 2 is 1.87 bits per heavy atom. The van der Waals surface area contributed by atoms with Gasteiger partial charge in [-0.3, -0.25) is 9.59 Å². The van der Waals surface area contributed by atoms with Crippen molar-refractivity contribution in [2.45, 2.75) is 26.2 Å². The first kappa shape index (κ1) is 15.3. The van der Waals surface area contributed by atoms with Gasteiger partial charge in [-0.2, -0.15) is 0 Å². The number of nitrogens with zero attached hydrogens (tertiary/aromatic N) is 1.